The minimum atomic E-state index is -0.967. The fraction of sp³-hybridized carbons (Fsp3) is 0.442. The van der Waals surface area contributed by atoms with Crippen LogP contribution in [-0.4, -0.2) is 96.1 Å². The summed E-state index contributed by atoms with van der Waals surface area (Å²) in [5.41, 5.74) is 6.44. The average molecular weight is 774 g/mol. The first-order chi connectivity index (χ1) is 27.1. The van der Waals surface area contributed by atoms with Gasteiger partial charge < -0.3 is 14.7 Å². The predicted octanol–water partition coefficient (Wildman–Crippen LogP) is 4.98. The standard InChI is InChI=1S/C43H44ClN7O5/c44-36-21-33(6-3-29(36)22-45)50-18-13-43(26-50)11-16-48(17-12-43)32-4-1-28(2-5-32)40(54)49-14-9-27(10-15-49)23-47-24-30-19-34-35(20-31(30)25-47)42(56)51(41(34)55)37-7-8-38(52)46-39(37)53/h1-6,19-21,27,37H,7-18,23-26H2,(H,46,52,53). The zero-order valence-electron chi connectivity index (χ0n) is 31.3. The monoisotopic (exact) mass is 773 g/mol. The molecule has 0 aromatic heterocycles. The number of hydrogen-bond acceptors (Lipinski definition) is 9. The van der Waals surface area contributed by atoms with Crippen LogP contribution in [0.4, 0.5) is 11.4 Å². The van der Waals surface area contributed by atoms with Crippen molar-refractivity contribution in [3.63, 3.8) is 0 Å². The van der Waals surface area contributed by atoms with Crippen LogP contribution in [0.15, 0.2) is 54.6 Å². The summed E-state index contributed by atoms with van der Waals surface area (Å²) in [5, 5.41) is 12.0. The van der Waals surface area contributed by atoms with Crippen LogP contribution in [-0.2, 0) is 22.7 Å². The minimum absolute atomic E-state index is 0.0744. The molecule has 288 valence electrons. The quantitative estimate of drug-likeness (QED) is 0.344. The van der Waals surface area contributed by atoms with Gasteiger partial charge >= 0.3 is 0 Å². The number of likely N-dealkylation sites (tertiary alicyclic amines) is 1. The fourth-order valence-corrected chi connectivity index (χ4v) is 10.1. The number of fused-ring (bicyclic) bond motifs is 2. The summed E-state index contributed by atoms with van der Waals surface area (Å²) in [7, 11) is 0. The number of halogens is 1. The maximum absolute atomic E-state index is 13.5. The van der Waals surface area contributed by atoms with Crippen LogP contribution < -0.4 is 15.1 Å². The maximum Gasteiger partial charge on any atom is 0.262 e. The number of piperidine rings is 3. The van der Waals surface area contributed by atoms with E-state index in [-0.39, 0.29) is 24.2 Å². The van der Waals surface area contributed by atoms with Gasteiger partial charge in [0, 0.05) is 82.3 Å². The first-order valence-electron chi connectivity index (χ1n) is 19.8. The van der Waals surface area contributed by atoms with E-state index in [0.29, 0.717) is 53.8 Å². The number of amides is 5. The van der Waals surface area contributed by atoms with Gasteiger partial charge in [-0.05, 0) is 116 Å². The summed E-state index contributed by atoms with van der Waals surface area (Å²) >= 11 is 6.33. The average Bonchev–Trinajstić information content (AvgIpc) is 3.87. The van der Waals surface area contributed by atoms with Crippen LogP contribution in [0.5, 0.6) is 0 Å². The summed E-state index contributed by atoms with van der Waals surface area (Å²) in [6, 6.07) is 18.6. The van der Waals surface area contributed by atoms with E-state index < -0.39 is 29.7 Å². The van der Waals surface area contributed by atoms with E-state index in [1.54, 1.807) is 0 Å². The topological polar surface area (TPSA) is 137 Å². The highest BCUT2D eigenvalue weighted by molar-refractivity contribution is 6.32. The molecule has 4 saturated heterocycles. The highest BCUT2D eigenvalue weighted by Crippen LogP contribution is 2.43. The molecular weight excluding hydrogens is 730 g/mol. The molecule has 4 fully saturated rings. The van der Waals surface area contributed by atoms with Crippen LogP contribution in [0.2, 0.25) is 5.02 Å². The molecular formula is C43H44ClN7O5. The van der Waals surface area contributed by atoms with Crippen molar-refractivity contribution < 1.29 is 24.0 Å². The van der Waals surface area contributed by atoms with Gasteiger partial charge in [0.2, 0.25) is 11.8 Å². The zero-order valence-corrected chi connectivity index (χ0v) is 32.0. The van der Waals surface area contributed by atoms with Gasteiger partial charge in [-0.25, -0.2) is 0 Å². The summed E-state index contributed by atoms with van der Waals surface area (Å²) in [5.74, 6) is -1.43. The molecule has 3 aromatic carbocycles. The normalized spacial score (nSPS) is 22.5. The van der Waals surface area contributed by atoms with Crippen molar-refractivity contribution >= 4 is 52.5 Å². The predicted molar refractivity (Wildman–Crippen MR) is 209 cm³/mol. The molecule has 6 heterocycles. The summed E-state index contributed by atoms with van der Waals surface area (Å²) in [6.45, 7) is 7.60. The molecule has 0 saturated carbocycles. The van der Waals surface area contributed by atoms with E-state index in [4.69, 9.17) is 11.6 Å². The molecule has 12 nitrogen and oxygen atoms in total. The number of nitrogens with zero attached hydrogens (tertiary/aromatic N) is 6. The molecule has 1 spiro atoms. The highest BCUT2D eigenvalue weighted by Gasteiger charge is 2.46. The van der Waals surface area contributed by atoms with Crippen molar-refractivity contribution in [2.24, 2.45) is 11.3 Å². The van der Waals surface area contributed by atoms with Gasteiger partial charge in [0.1, 0.15) is 12.1 Å². The second-order valence-corrected chi connectivity index (χ2v) is 16.9. The largest absolute Gasteiger partial charge is 0.371 e. The SMILES string of the molecule is N#Cc1ccc(N2CCC3(CCN(c4ccc(C(=O)N5CCC(CN6Cc7cc8c(cc7C6)C(=O)N(C6CCC(=O)NC6=O)C8=O)CC5)cc4)CC3)C2)cc1Cl. The Morgan fingerprint density at radius 1 is 0.804 bits per heavy atom. The van der Waals surface area contributed by atoms with Gasteiger partial charge in [0.25, 0.3) is 17.7 Å². The minimum Gasteiger partial charge on any atom is -0.371 e. The summed E-state index contributed by atoms with van der Waals surface area (Å²) in [6.07, 6.45) is 5.43. The van der Waals surface area contributed by atoms with Crippen LogP contribution in [0.3, 0.4) is 0 Å². The van der Waals surface area contributed by atoms with Gasteiger partial charge in [-0.15, -0.1) is 0 Å². The van der Waals surface area contributed by atoms with Crippen molar-refractivity contribution in [2.75, 3.05) is 55.6 Å². The lowest BCUT2D eigenvalue weighted by Crippen LogP contribution is -2.54. The Balaban J connectivity index is 0.740. The van der Waals surface area contributed by atoms with E-state index in [2.05, 4.69) is 38.2 Å². The Labute approximate surface area is 330 Å². The Morgan fingerprint density at radius 2 is 1.43 bits per heavy atom. The van der Waals surface area contributed by atoms with Crippen molar-refractivity contribution in [3.8, 4) is 6.07 Å². The van der Waals surface area contributed by atoms with Crippen molar-refractivity contribution in [3.05, 3.63) is 93.0 Å². The molecule has 5 amide bonds. The Morgan fingerprint density at radius 3 is 2.04 bits per heavy atom. The highest BCUT2D eigenvalue weighted by atomic mass is 35.5. The molecule has 0 radical (unpaired) electrons. The molecule has 1 unspecified atom stereocenters. The number of carbonyl (C=O) groups is 5. The van der Waals surface area contributed by atoms with Crippen LogP contribution >= 0.6 is 11.6 Å². The second kappa shape index (κ2) is 14.4. The third-order valence-electron chi connectivity index (χ3n) is 13.1. The molecule has 9 rings (SSSR count). The van der Waals surface area contributed by atoms with Gasteiger partial charge in [0.15, 0.2) is 0 Å². The molecule has 6 aliphatic rings. The number of benzene rings is 3. The van der Waals surface area contributed by atoms with Crippen LogP contribution in [0.25, 0.3) is 0 Å². The van der Waals surface area contributed by atoms with E-state index in [1.165, 1.54) is 0 Å². The van der Waals surface area contributed by atoms with Gasteiger partial charge in [0.05, 0.1) is 21.7 Å². The van der Waals surface area contributed by atoms with E-state index in [9.17, 15) is 29.2 Å². The van der Waals surface area contributed by atoms with E-state index in [1.807, 2.05) is 47.4 Å². The number of anilines is 2. The molecule has 0 aliphatic carbocycles. The fourth-order valence-electron chi connectivity index (χ4n) is 9.84. The Kier molecular flexibility index (Phi) is 9.33. The lowest BCUT2D eigenvalue weighted by molar-refractivity contribution is -0.136. The first kappa shape index (κ1) is 36.4. The van der Waals surface area contributed by atoms with Crippen LogP contribution in [0.1, 0.15) is 92.7 Å². The third kappa shape index (κ3) is 6.60. The van der Waals surface area contributed by atoms with Crippen molar-refractivity contribution in [2.45, 2.75) is 64.1 Å². The summed E-state index contributed by atoms with van der Waals surface area (Å²) < 4.78 is 0. The molecule has 6 aliphatic heterocycles. The van der Waals surface area contributed by atoms with E-state index in [0.717, 1.165) is 97.8 Å². The third-order valence-corrected chi connectivity index (χ3v) is 13.5. The molecule has 0 bridgehead atoms. The Bertz CT molecular complexity index is 2140. The van der Waals surface area contributed by atoms with Crippen LogP contribution in [0, 0.1) is 22.7 Å². The van der Waals surface area contributed by atoms with Crippen molar-refractivity contribution in [1.82, 2.24) is 20.0 Å². The lowest BCUT2D eigenvalue weighted by atomic mass is 9.77. The van der Waals surface area contributed by atoms with Crippen molar-refractivity contribution in [1.29, 1.82) is 5.26 Å². The van der Waals surface area contributed by atoms with Gasteiger partial charge in [-0.2, -0.15) is 5.26 Å². The number of rotatable bonds is 6. The zero-order chi connectivity index (χ0) is 38.7. The van der Waals surface area contributed by atoms with Gasteiger partial charge in [-0.1, -0.05) is 11.6 Å². The molecule has 3 aromatic rings. The number of nitriles is 1. The smallest absolute Gasteiger partial charge is 0.262 e. The number of carbonyl (C=O) groups excluding carboxylic acids is 5. The maximum atomic E-state index is 13.5. The molecule has 1 N–H and O–H groups in total. The van der Waals surface area contributed by atoms with E-state index >= 15 is 0 Å². The number of nitrogens with one attached hydrogen (secondary N) is 1. The molecule has 56 heavy (non-hydrogen) atoms. The molecule has 1 atom stereocenters. The second-order valence-electron chi connectivity index (χ2n) is 16.5. The number of imide groups is 2. The lowest BCUT2D eigenvalue weighted by Gasteiger charge is -2.40. The number of hydrogen-bond donors (Lipinski definition) is 1. The Hall–Kier alpha value is -5.25. The molecule has 13 heteroatoms. The summed E-state index contributed by atoms with van der Waals surface area (Å²) in [4.78, 5) is 74.4. The van der Waals surface area contributed by atoms with Gasteiger partial charge in [-0.3, -0.25) is 39.1 Å². The first-order valence-corrected chi connectivity index (χ1v) is 20.1.